The highest BCUT2D eigenvalue weighted by Crippen LogP contribution is 2.32. The Morgan fingerprint density at radius 1 is 0.967 bits per heavy atom. The van der Waals surface area contributed by atoms with Crippen molar-refractivity contribution in [1.29, 1.82) is 0 Å². The molecule has 4 rings (SSSR count). The molecule has 30 heavy (non-hydrogen) atoms. The van der Waals surface area contributed by atoms with Crippen LogP contribution in [0.1, 0.15) is 5.56 Å². The number of hydrogen-bond acceptors (Lipinski definition) is 7. The number of aromatic nitrogens is 2. The summed E-state index contributed by atoms with van der Waals surface area (Å²) in [6, 6.07) is 16.0. The number of fused-ring (bicyclic) bond motifs is 1. The van der Waals surface area contributed by atoms with Crippen LogP contribution in [0.15, 0.2) is 59.5 Å². The van der Waals surface area contributed by atoms with Gasteiger partial charge in [-0.1, -0.05) is 29.8 Å². The number of nitrogens with one attached hydrogen (secondary N) is 1. The normalized spacial score (nSPS) is 13.1. The quantitative estimate of drug-likeness (QED) is 0.579. The van der Waals surface area contributed by atoms with Crippen molar-refractivity contribution in [1.82, 2.24) is 14.9 Å². The van der Waals surface area contributed by atoms with Gasteiger partial charge in [0, 0.05) is 24.2 Å². The van der Waals surface area contributed by atoms with Crippen molar-refractivity contribution in [3.05, 3.63) is 60.2 Å². The fraction of sp³-hybridized carbons (Fsp3) is 0.238. The lowest BCUT2D eigenvalue weighted by Crippen LogP contribution is -2.28. The van der Waals surface area contributed by atoms with E-state index in [1.807, 2.05) is 37.3 Å². The highest BCUT2D eigenvalue weighted by atomic mass is 32.2. The van der Waals surface area contributed by atoms with Crippen LogP contribution in [0.4, 0.5) is 0 Å². The molecule has 1 aromatic heterocycles. The van der Waals surface area contributed by atoms with E-state index in [1.54, 1.807) is 12.1 Å². The summed E-state index contributed by atoms with van der Waals surface area (Å²) in [6.07, 6.45) is 0. The Balaban J connectivity index is 1.30. The SMILES string of the molecule is Cc1ccc(-c2ccc(OCCNS(=O)(=O)c3ccc4c(c3)OCCO4)nn2)cc1. The largest absolute Gasteiger partial charge is 0.486 e. The zero-order valence-electron chi connectivity index (χ0n) is 16.4. The highest BCUT2D eigenvalue weighted by Gasteiger charge is 2.19. The van der Waals surface area contributed by atoms with Crippen LogP contribution in [0.2, 0.25) is 0 Å². The van der Waals surface area contributed by atoms with E-state index in [0.717, 1.165) is 11.3 Å². The van der Waals surface area contributed by atoms with Gasteiger partial charge < -0.3 is 14.2 Å². The van der Waals surface area contributed by atoms with Crippen molar-refractivity contribution < 1.29 is 22.6 Å². The molecule has 1 N–H and O–H groups in total. The Labute approximate surface area is 174 Å². The van der Waals surface area contributed by atoms with E-state index >= 15 is 0 Å². The van der Waals surface area contributed by atoms with Crippen LogP contribution in [-0.2, 0) is 10.0 Å². The Kier molecular flexibility index (Phi) is 5.82. The second kappa shape index (κ2) is 8.68. The van der Waals surface area contributed by atoms with Gasteiger partial charge in [0.1, 0.15) is 19.8 Å². The molecule has 9 heteroatoms. The molecule has 0 fully saturated rings. The van der Waals surface area contributed by atoms with Crippen LogP contribution in [0.25, 0.3) is 11.3 Å². The van der Waals surface area contributed by atoms with Crippen molar-refractivity contribution in [3.8, 4) is 28.6 Å². The van der Waals surface area contributed by atoms with Crippen molar-refractivity contribution in [2.75, 3.05) is 26.4 Å². The van der Waals surface area contributed by atoms with Crippen molar-refractivity contribution >= 4 is 10.0 Å². The number of sulfonamides is 1. The minimum absolute atomic E-state index is 0.0815. The van der Waals surface area contributed by atoms with Gasteiger partial charge in [-0.05, 0) is 25.1 Å². The number of hydrogen-bond donors (Lipinski definition) is 1. The van der Waals surface area contributed by atoms with Gasteiger partial charge in [-0.15, -0.1) is 10.2 Å². The number of benzene rings is 2. The fourth-order valence-corrected chi connectivity index (χ4v) is 3.91. The molecular weight excluding hydrogens is 406 g/mol. The average Bonchev–Trinajstić information content (AvgIpc) is 2.77. The van der Waals surface area contributed by atoms with E-state index in [4.69, 9.17) is 14.2 Å². The van der Waals surface area contributed by atoms with Crippen molar-refractivity contribution in [3.63, 3.8) is 0 Å². The van der Waals surface area contributed by atoms with Gasteiger partial charge in [0.05, 0.1) is 10.6 Å². The van der Waals surface area contributed by atoms with E-state index in [0.29, 0.717) is 30.6 Å². The Hall–Kier alpha value is -3.17. The van der Waals surface area contributed by atoms with E-state index in [2.05, 4.69) is 14.9 Å². The number of rotatable bonds is 7. The number of nitrogens with zero attached hydrogens (tertiary/aromatic N) is 2. The molecule has 0 saturated heterocycles. The van der Waals surface area contributed by atoms with Crippen molar-refractivity contribution in [2.24, 2.45) is 0 Å². The predicted octanol–water partition coefficient (Wildman–Crippen LogP) is 2.58. The van der Waals surface area contributed by atoms with Gasteiger partial charge in [0.15, 0.2) is 11.5 Å². The molecule has 0 unspecified atom stereocenters. The van der Waals surface area contributed by atoms with Crippen LogP contribution in [0, 0.1) is 6.92 Å². The molecule has 0 bridgehead atoms. The lowest BCUT2D eigenvalue weighted by Gasteiger charge is -2.18. The first kappa shape index (κ1) is 20.1. The van der Waals surface area contributed by atoms with Gasteiger partial charge in [-0.3, -0.25) is 0 Å². The topological polar surface area (TPSA) is 99.6 Å². The summed E-state index contributed by atoms with van der Waals surface area (Å²) >= 11 is 0. The first-order chi connectivity index (χ1) is 14.5. The molecule has 156 valence electrons. The molecule has 0 amide bonds. The second-order valence-electron chi connectivity index (χ2n) is 6.67. The Morgan fingerprint density at radius 2 is 1.73 bits per heavy atom. The lowest BCUT2D eigenvalue weighted by atomic mass is 10.1. The van der Waals surface area contributed by atoms with Crippen LogP contribution in [-0.4, -0.2) is 45.0 Å². The summed E-state index contributed by atoms with van der Waals surface area (Å²) in [6.45, 7) is 3.06. The van der Waals surface area contributed by atoms with Crippen molar-refractivity contribution in [2.45, 2.75) is 11.8 Å². The molecule has 1 aliphatic heterocycles. The molecule has 2 heterocycles. The summed E-state index contributed by atoms with van der Waals surface area (Å²) in [7, 11) is -3.70. The van der Waals surface area contributed by atoms with Gasteiger partial charge in [-0.2, -0.15) is 0 Å². The zero-order chi connectivity index (χ0) is 21.0. The minimum Gasteiger partial charge on any atom is -0.486 e. The van der Waals surface area contributed by atoms with Crippen LogP contribution in [0.5, 0.6) is 17.4 Å². The lowest BCUT2D eigenvalue weighted by molar-refractivity contribution is 0.171. The molecule has 3 aromatic rings. The Bertz CT molecular complexity index is 1120. The molecule has 0 aliphatic carbocycles. The molecule has 0 radical (unpaired) electrons. The molecule has 2 aromatic carbocycles. The first-order valence-electron chi connectivity index (χ1n) is 9.44. The van der Waals surface area contributed by atoms with E-state index in [1.165, 1.54) is 17.7 Å². The summed E-state index contributed by atoms with van der Waals surface area (Å²) < 4.78 is 43.8. The number of aryl methyl sites for hydroxylation is 1. The van der Waals surface area contributed by atoms with E-state index < -0.39 is 10.0 Å². The summed E-state index contributed by atoms with van der Waals surface area (Å²) in [5.74, 6) is 1.28. The Morgan fingerprint density at radius 3 is 2.47 bits per heavy atom. The summed E-state index contributed by atoms with van der Waals surface area (Å²) in [4.78, 5) is 0.106. The maximum absolute atomic E-state index is 12.5. The standard InChI is InChI=1S/C21H21N3O5S/c1-15-2-4-16(5-3-15)18-7-9-21(24-23-18)29-11-10-22-30(25,26)17-6-8-19-20(14-17)28-13-12-27-19/h2-9,14,22H,10-13H2,1H3. The maximum atomic E-state index is 12.5. The molecule has 0 atom stereocenters. The zero-order valence-corrected chi connectivity index (χ0v) is 17.2. The predicted molar refractivity (Wildman–Crippen MR) is 110 cm³/mol. The fourth-order valence-electron chi connectivity index (χ4n) is 2.88. The third kappa shape index (κ3) is 4.69. The monoisotopic (exact) mass is 427 g/mol. The third-order valence-electron chi connectivity index (χ3n) is 4.46. The van der Waals surface area contributed by atoms with Gasteiger partial charge >= 0.3 is 0 Å². The maximum Gasteiger partial charge on any atom is 0.240 e. The molecule has 0 saturated carbocycles. The smallest absolute Gasteiger partial charge is 0.240 e. The third-order valence-corrected chi connectivity index (χ3v) is 5.91. The van der Waals surface area contributed by atoms with E-state index in [-0.39, 0.29) is 18.0 Å². The van der Waals surface area contributed by atoms with Crippen LogP contribution >= 0.6 is 0 Å². The van der Waals surface area contributed by atoms with Gasteiger partial charge in [-0.25, -0.2) is 13.1 Å². The summed E-state index contributed by atoms with van der Waals surface area (Å²) in [5, 5.41) is 8.19. The minimum atomic E-state index is -3.70. The molecule has 8 nitrogen and oxygen atoms in total. The van der Waals surface area contributed by atoms with Gasteiger partial charge in [0.2, 0.25) is 15.9 Å². The molecule has 1 aliphatic rings. The van der Waals surface area contributed by atoms with Crippen LogP contribution < -0.4 is 18.9 Å². The van der Waals surface area contributed by atoms with E-state index in [9.17, 15) is 8.42 Å². The van der Waals surface area contributed by atoms with Crippen LogP contribution in [0.3, 0.4) is 0 Å². The number of ether oxygens (including phenoxy) is 3. The van der Waals surface area contributed by atoms with Gasteiger partial charge in [0.25, 0.3) is 0 Å². The summed E-state index contributed by atoms with van der Waals surface area (Å²) in [5.41, 5.74) is 2.87. The average molecular weight is 427 g/mol. The molecular formula is C21H21N3O5S. The first-order valence-corrected chi connectivity index (χ1v) is 10.9. The molecule has 0 spiro atoms. The second-order valence-corrected chi connectivity index (χ2v) is 8.44. The highest BCUT2D eigenvalue weighted by molar-refractivity contribution is 7.89.